The van der Waals surface area contributed by atoms with Crippen LogP contribution in [-0.2, 0) is 0 Å². The molecule has 2 N–H and O–H groups in total. The lowest BCUT2D eigenvalue weighted by molar-refractivity contribution is 0.903. The van der Waals surface area contributed by atoms with Crippen LogP contribution in [0, 0.1) is 13.8 Å². The van der Waals surface area contributed by atoms with Crippen LogP contribution in [0.2, 0.25) is 0 Å². The minimum Gasteiger partial charge on any atom is -0.378 e. The van der Waals surface area contributed by atoms with Gasteiger partial charge >= 0.3 is 0 Å². The van der Waals surface area contributed by atoms with Crippen LogP contribution in [0.4, 0.5) is 5.69 Å². The second-order valence-electron chi connectivity index (χ2n) is 5.80. The van der Waals surface area contributed by atoms with Gasteiger partial charge in [-0.05, 0) is 63.3 Å². The molecule has 6 heteroatoms. The first-order valence-corrected chi connectivity index (χ1v) is 8.38. The molecule has 24 heavy (non-hydrogen) atoms. The summed E-state index contributed by atoms with van der Waals surface area (Å²) in [6, 6.07) is 10.6. The topological polar surface area (TPSA) is 44.6 Å². The molecule has 2 aromatic rings. The van der Waals surface area contributed by atoms with E-state index < -0.39 is 0 Å². The van der Waals surface area contributed by atoms with Crippen molar-refractivity contribution in [3.05, 3.63) is 47.3 Å². The van der Waals surface area contributed by atoms with E-state index in [1.54, 1.807) is 6.21 Å². The van der Waals surface area contributed by atoms with Crippen LogP contribution in [-0.4, -0.2) is 36.5 Å². The maximum absolute atomic E-state index is 5.10. The van der Waals surface area contributed by atoms with Gasteiger partial charge in [-0.3, -0.25) is 5.43 Å². The molecular weight excluding hydrogens is 318 g/mol. The number of nitrogens with one attached hydrogen (secondary N) is 2. The number of rotatable bonds is 5. The van der Waals surface area contributed by atoms with Crippen molar-refractivity contribution in [1.82, 2.24) is 15.3 Å². The normalized spacial score (nSPS) is 10.9. The number of anilines is 1. The van der Waals surface area contributed by atoms with Crippen LogP contribution >= 0.6 is 12.2 Å². The van der Waals surface area contributed by atoms with Gasteiger partial charge in [-0.1, -0.05) is 0 Å². The van der Waals surface area contributed by atoms with E-state index in [-0.39, 0.29) is 0 Å². The molecule has 0 atom stereocenters. The number of hydrogen-bond acceptors (Lipinski definition) is 3. The van der Waals surface area contributed by atoms with E-state index in [9.17, 15) is 0 Å². The Labute approximate surface area is 149 Å². The predicted octanol–water partition coefficient (Wildman–Crippen LogP) is 2.98. The first-order valence-electron chi connectivity index (χ1n) is 7.97. The molecule has 0 saturated heterocycles. The molecule has 0 bridgehead atoms. The van der Waals surface area contributed by atoms with Gasteiger partial charge in [0.05, 0.1) is 6.21 Å². The Morgan fingerprint density at radius 3 is 2.50 bits per heavy atom. The highest BCUT2D eigenvalue weighted by Crippen LogP contribution is 2.22. The summed E-state index contributed by atoms with van der Waals surface area (Å²) < 4.78 is 2.23. The number of benzene rings is 1. The highest BCUT2D eigenvalue weighted by atomic mass is 32.1. The third-order valence-electron chi connectivity index (χ3n) is 3.80. The molecule has 0 saturated carbocycles. The summed E-state index contributed by atoms with van der Waals surface area (Å²) in [7, 11) is 4.08. The van der Waals surface area contributed by atoms with Crippen molar-refractivity contribution in [3.63, 3.8) is 0 Å². The summed E-state index contributed by atoms with van der Waals surface area (Å²) in [6.45, 7) is 6.96. The fourth-order valence-electron chi connectivity index (χ4n) is 2.58. The zero-order valence-corrected chi connectivity index (χ0v) is 15.7. The standard InChI is InChI=1S/C18H25N5S/c1-6-19-18(24)21-20-12-15-11-13(2)23(14(15)3)17-9-7-16(8-10-17)22(4)5/h7-12H,6H2,1-5H3,(H2,19,21,24). The van der Waals surface area contributed by atoms with Gasteiger partial charge < -0.3 is 14.8 Å². The Morgan fingerprint density at radius 1 is 1.25 bits per heavy atom. The van der Waals surface area contributed by atoms with Crippen LogP contribution in [0.25, 0.3) is 5.69 Å². The van der Waals surface area contributed by atoms with E-state index in [0.717, 1.165) is 23.5 Å². The number of aromatic nitrogens is 1. The van der Waals surface area contributed by atoms with E-state index in [2.05, 4.69) is 69.5 Å². The Balaban J connectivity index is 2.22. The van der Waals surface area contributed by atoms with Crippen LogP contribution in [0.1, 0.15) is 23.9 Å². The van der Waals surface area contributed by atoms with E-state index in [1.165, 1.54) is 11.4 Å². The number of aryl methyl sites for hydroxylation is 1. The van der Waals surface area contributed by atoms with Gasteiger partial charge in [0.1, 0.15) is 0 Å². The second-order valence-corrected chi connectivity index (χ2v) is 6.21. The first-order chi connectivity index (χ1) is 11.4. The smallest absolute Gasteiger partial charge is 0.186 e. The monoisotopic (exact) mass is 343 g/mol. The number of nitrogens with zero attached hydrogens (tertiary/aromatic N) is 3. The number of hydrazone groups is 1. The molecule has 128 valence electrons. The lowest BCUT2D eigenvalue weighted by Crippen LogP contribution is -2.31. The van der Waals surface area contributed by atoms with Gasteiger partial charge in [0.2, 0.25) is 0 Å². The molecule has 0 spiro atoms. The van der Waals surface area contributed by atoms with Crippen molar-refractivity contribution in [3.8, 4) is 5.69 Å². The van der Waals surface area contributed by atoms with Crippen LogP contribution < -0.4 is 15.6 Å². The lowest BCUT2D eigenvalue weighted by Gasteiger charge is -2.14. The average molecular weight is 344 g/mol. The maximum Gasteiger partial charge on any atom is 0.186 e. The van der Waals surface area contributed by atoms with Crippen LogP contribution in [0.3, 0.4) is 0 Å². The SMILES string of the molecule is CCNC(=S)NN=Cc1cc(C)n(-c2ccc(N(C)C)cc2)c1C. The predicted molar refractivity (Wildman–Crippen MR) is 107 cm³/mol. The van der Waals surface area contributed by atoms with Crippen molar-refractivity contribution in [2.75, 3.05) is 25.5 Å². The summed E-state index contributed by atoms with van der Waals surface area (Å²) in [4.78, 5) is 2.09. The van der Waals surface area contributed by atoms with Crippen molar-refractivity contribution in [2.45, 2.75) is 20.8 Å². The summed E-state index contributed by atoms with van der Waals surface area (Å²) in [6.07, 6.45) is 1.80. The molecule has 1 aromatic carbocycles. The molecule has 0 amide bonds. The molecule has 0 radical (unpaired) electrons. The molecule has 5 nitrogen and oxygen atoms in total. The van der Waals surface area contributed by atoms with Crippen molar-refractivity contribution in [2.24, 2.45) is 5.10 Å². The summed E-state index contributed by atoms with van der Waals surface area (Å²) in [5.74, 6) is 0. The summed E-state index contributed by atoms with van der Waals surface area (Å²) in [5.41, 5.74) is 8.53. The quantitative estimate of drug-likeness (QED) is 0.498. The third kappa shape index (κ3) is 4.14. The molecule has 0 aliphatic carbocycles. The third-order valence-corrected chi connectivity index (χ3v) is 4.04. The molecule has 1 aromatic heterocycles. The minimum absolute atomic E-state index is 0.529. The van der Waals surface area contributed by atoms with Crippen molar-refractivity contribution >= 4 is 29.2 Å². The van der Waals surface area contributed by atoms with Crippen LogP contribution in [0.5, 0.6) is 0 Å². The Morgan fingerprint density at radius 2 is 1.92 bits per heavy atom. The molecular formula is C18H25N5S. The minimum atomic E-state index is 0.529. The van der Waals surface area contributed by atoms with Crippen LogP contribution in [0.15, 0.2) is 35.4 Å². The first kappa shape index (κ1) is 18.0. The lowest BCUT2D eigenvalue weighted by atomic mass is 10.2. The van der Waals surface area contributed by atoms with Gasteiger partial charge in [0.15, 0.2) is 5.11 Å². The van der Waals surface area contributed by atoms with E-state index in [0.29, 0.717) is 5.11 Å². The fraction of sp³-hybridized carbons (Fsp3) is 0.333. The van der Waals surface area contributed by atoms with Crippen molar-refractivity contribution in [1.29, 1.82) is 0 Å². The number of thiocarbonyl (C=S) groups is 1. The van der Waals surface area contributed by atoms with Crippen molar-refractivity contribution < 1.29 is 0 Å². The number of hydrogen-bond donors (Lipinski definition) is 2. The van der Waals surface area contributed by atoms with Gasteiger partial charge in [-0.25, -0.2) is 0 Å². The largest absolute Gasteiger partial charge is 0.378 e. The maximum atomic E-state index is 5.10. The van der Waals surface area contributed by atoms with E-state index in [1.807, 2.05) is 21.0 Å². The molecule has 0 unspecified atom stereocenters. The summed E-state index contributed by atoms with van der Waals surface area (Å²) in [5, 5.41) is 7.74. The molecule has 2 rings (SSSR count). The van der Waals surface area contributed by atoms with Gasteiger partial charge in [0.25, 0.3) is 0 Å². The fourth-order valence-corrected chi connectivity index (χ4v) is 2.77. The van der Waals surface area contributed by atoms with Gasteiger partial charge in [-0.15, -0.1) is 0 Å². The molecule has 0 fully saturated rings. The zero-order chi connectivity index (χ0) is 17.7. The summed E-state index contributed by atoms with van der Waals surface area (Å²) >= 11 is 5.10. The highest BCUT2D eigenvalue weighted by Gasteiger charge is 2.09. The van der Waals surface area contributed by atoms with E-state index >= 15 is 0 Å². The highest BCUT2D eigenvalue weighted by molar-refractivity contribution is 7.80. The molecule has 0 aliphatic rings. The second kappa shape index (κ2) is 7.97. The van der Waals surface area contributed by atoms with E-state index in [4.69, 9.17) is 12.2 Å². The average Bonchev–Trinajstić information content (AvgIpc) is 2.82. The van der Waals surface area contributed by atoms with Gasteiger partial charge in [-0.2, -0.15) is 5.10 Å². The Kier molecular flexibility index (Phi) is 5.98. The van der Waals surface area contributed by atoms with Gasteiger partial charge in [0, 0.05) is 49.0 Å². The molecule has 0 aliphatic heterocycles. The Bertz CT molecular complexity index is 729. The molecule has 1 heterocycles. The Hall–Kier alpha value is -2.34. The zero-order valence-electron chi connectivity index (χ0n) is 14.9.